The first-order valence-electron chi connectivity index (χ1n) is 4.72. The maximum absolute atomic E-state index is 12.8. The fraction of sp³-hybridized carbons (Fsp3) is 0. The average molecular weight is 252 g/mol. The van der Waals surface area contributed by atoms with Crippen LogP contribution in [0.2, 0.25) is 5.15 Å². The smallest absolute Gasteiger partial charge is 0.337 e. The standard InChI is InChI=1S/C12H7ClFNO2/c13-11-10(5-8(6-15-11)12(16)17)7-1-3-9(14)4-2-7/h1-6H,(H,16,17). The maximum Gasteiger partial charge on any atom is 0.337 e. The minimum absolute atomic E-state index is 0.0359. The van der Waals surface area contributed by atoms with Crippen LogP contribution >= 0.6 is 11.6 Å². The Kier molecular flexibility index (Phi) is 3.06. The molecule has 0 saturated heterocycles. The Bertz CT molecular complexity index is 569. The lowest BCUT2D eigenvalue weighted by Gasteiger charge is -2.04. The largest absolute Gasteiger partial charge is 0.478 e. The van der Waals surface area contributed by atoms with Crippen molar-refractivity contribution in [2.24, 2.45) is 0 Å². The number of benzene rings is 1. The van der Waals surface area contributed by atoms with Gasteiger partial charge < -0.3 is 5.11 Å². The van der Waals surface area contributed by atoms with Crippen LogP contribution in [-0.4, -0.2) is 16.1 Å². The van der Waals surface area contributed by atoms with Crippen LogP contribution in [0, 0.1) is 5.82 Å². The van der Waals surface area contributed by atoms with Crippen LogP contribution in [0.1, 0.15) is 10.4 Å². The molecule has 0 spiro atoms. The molecule has 0 bridgehead atoms. The van der Waals surface area contributed by atoms with Crippen molar-refractivity contribution in [1.29, 1.82) is 0 Å². The van der Waals surface area contributed by atoms with Crippen molar-refractivity contribution >= 4 is 17.6 Å². The molecule has 0 radical (unpaired) electrons. The molecule has 1 aromatic carbocycles. The summed E-state index contributed by atoms with van der Waals surface area (Å²) in [6, 6.07) is 7.00. The number of nitrogens with zero attached hydrogens (tertiary/aromatic N) is 1. The highest BCUT2D eigenvalue weighted by Gasteiger charge is 2.10. The van der Waals surface area contributed by atoms with E-state index in [0.29, 0.717) is 11.1 Å². The lowest BCUT2D eigenvalue weighted by molar-refractivity contribution is 0.0696. The van der Waals surface area contributed by atoms with E-state index in [4.69, 9.17) is 16.7 Å². The van der Waals surface area contributed by atoms with E-state index in [1.807, 2.05) is 0 Å². The van der Waals surface area contributed by atoms with Gasteiger partial charge >= 0.3 is 5.97 Å². The molecule has 0 amide bonds. The molecule has 1 heterocycles. The summed E-state index contributed by atoms with van der Waals surface area (Å²) in [7, 11) is 0. The molecule has 1 aromatic heterocycles. The van der Waals surface area contributed by atoms with E-state index < -0.39 is 5.97 Å². The number of carbonyl (C=O) groups is 1. The van der Waals surface area contributed by atoms with Gasteiger partial charge in [-0.2, -0.15) is 0 Å². The Morgan fingerprint density at radius 1 is 1.29 bits per heavy atom. The Morgan fingerprint density at radius 3 is 2.53 bits per heavy atom. The van der Waals surface area contributed by atoms with Crippen LogP contribution in [0.25, 0.3) is 11.1 Å². The zero-order valence-electron chi connectivity index (χ0n) is 8.52. The predicted octanol–water partition coefficient (Wildman–Crippen LogP) is 3.24. The molecule has 0 fully saturated rings. The Balaban J connectivity index is 2.54. The Morgan fingerprint density at radius 2 is 1.94 bits per heavy atom. The van der Waals surface area contributed by atoms with Crippen molar-refractivity contribution in [2.45, 2.75) is 0 Å². The second-order valence-electron chi connectivity index (χ2n) is 3.37. The van der Waals surface area contributed by atoms with Gasteiger partial charge in [0.25, 0.3) is 0 Å². The summed E-state index contributed by atoms with van der Waals surface area (Å²) in [5.74, 6) is -1.45. The number of carboxylic acids is 1. The SMILES string of the molecule is O=C(O)c1cnc(Cl)c(-c2ccc(F)cc2)c1. The van der Waals surface area contributed by atoms with Crippen molar-refractivity contribution in [1.82, 2.24) is 4.98 Å². The summed E-state index contributed by atoms with van der Waals surface area (Å²) in [4.78, 5) is 14.6. The highest BCUT2D eigenvalue weighted by atomic mass is 35.5. The van der Waals surface area contributed by atoms with Crippen molar-refractivity contribution in [2.75, 3.05) is 0 Å². The molecule has 5 heteroatoms. The molecule has 2 aromatic rings. The van der Waals surface area contributed by atoms with E-state index in [1.54, 1.807) is 0 Å². The molecule has 17 heavy (non-hydrogen) atoms. The van der Waals surface area contributed by atoms with E-state index in [0.717, 1.165) is 0 Å². The Hall–Kier alpha value is -1.94. The first kappa shape index (κ1) is 11.5. The third-order valence-electron chi connectivity index (χ3n) is 2.24. The summed E-state index contributed by atoms with van der Waals surface area (Å²) in [5, 5.41) is 9.03. The molecular weight excluding hydrogens is 245 g/mol. The number of hydrogen-bond acceptors (Lipinski definition) is 2. The monoisotopic (exact) mass is 251 g/mol. The number of pyridine rings is 1. The van der Waals surface area contributed by atoms with E-state index in [9.17, 15) is 9.18 Å². The summed E-state index contributed by atoms with van der Waals surface area (Å²) in [6.07, 6.45) is 1.18. The first-order valence-corrected chi connectivity index (χ1v) is 5.10. The molecule has 0 unspecified atom stereocenters. The number of hydrogen-bond donors (Lipinski definition) is 1. The van der Waals surface area contributed by atoms with Crippen LogP contribution in [0.4, 0.5) is 4.39 Å². The van der Waals surface area contributed by atoms with E-state index in [2.05, 4.69) is 4.98 Å². The highest BCUT2D eigenvalue weighted by molar-refractivity contribution is 6.32. The van der Waals surface area contributed by atoms with Gasteiger partial charge in [-0.25, -0.2) is 14.2 Å². The zero-order valence-corrected chi connectivity index (χ0v) is 9.28. The molecule has 2 rings (SSSR count). The number of carboxylic acid groups (broad SMARTS) is 1. The van der Waals surface area contributed by atoms with Gasteiger partial charge in [0.15, 0.2) is 0 Å². The Labute approximate surface area is 101 Å². The minimum atomic E-state index is -1.09. The summed E-state index contributed by atoms with van der Waals surface area (Å²) in [6.45, 7) is 0. The molecular formula is C12H7ClFNO2. The van der Waals surface area contributed by atoms with Crippen LogP contribution in [-0.2, 0) is 0 Å². The van der Waals surface area contributed by atoms with Crippen molar-refractivity contribution in [3.05, 3.63) is 53.1 Å². The van der Waals surface area contributed by atoms with Crippen molar-refractivity contribution in [3.8, 4) is 11.1 Å². The molecule has 0 aliphatic heterocycles. The normalized spacial score (nSPS) is 10.2. The summed E-state index contributed by atoms with van der Waals surface area (Å²) < 4.78 is 12.8. The molecule has 0 aliphatic rings. The van der Waals surface area contributed by atoms with Gasteiger partial charge in [-0.3, -0.25) is 0 Å². The third-order valence-corrected chi connectivity index (χ3v) is 2.54. The highest BCUT2D eigenvalue weighted by Crippen LogP contribution is 2.27. The topological polar surface area (TPSA) is 50.2 Å². The number of aromatic carboxylic acids is 1. The number of rotatable bonds is 2. The van der Waals surface area contributed by atoms with Gasteiger partial charge in [-0.05, 0) is 23.8 Å². The fourth-order valence-electron chi connectivity index (χ4n) is 1.40. The van der Waals surface area contributed by atoms with E-state index in [-0.39, 0.29) is 16.5 Å². The zero-order chi connectivity index (χ0) is 12.4. The lowest BCUT2D eigenvalue weighted by Crippen LogP contribution is -1.98. The van der Waals surface area contributed by atoms with Crippen LogP contribution in [0.5, 0.6) is 0 Å². The number of halogens is 2. The van der Waals surface area contributed by atoms with Crippen LogP contribution in [0.15, 0.2) is 36.5 Å². The second kappa shape index (κ2) is 4.51. The minimum Gasteiger partial charge on any atom is -0.478 e. The lowest BCUT2D eigenvalue weighted by atomic mass is 10.1. The summed E-state index contributed by atoms with van der Waals surface area (Å²) >= 11 is 5.88. The molecule has 3 nitrogen and oxygen atoms in total. The van der Waals surface area contributed by atoms with Crippen molar-refractivity contribution in [3.63, 3.8) is 0 Å². The van der Waals surface area contributed by atoms with Crippen molar-refractivity contribution < 1.29 is 14.3 Å². The maximum atomic E-state index is 12.8. The van der Waals surface area contributed by atoms with Crippen LogP contribution < -0.4 is 0 Å². The second-order valence-corrected chi connectivity index (χ2v) is 3.73. The third kappa shape index (κ3) is 2.42. The van der Waals surface area contributed by atoms with Gasteiger partial charge in [0.05, 0.1) is 5.56 Å². The van der Waals surface area contributed by atoms with Gasteiger partial charge in [-0.1, -0.05) is 23.7 Å². The van der Waals surface area contributed by atoms with Gasteiger partial charge in [0.1, 0.15) is 11.0 Å². The first-order chi connectivity index (χ1) is 8.08. The van der Waals surface area contributed by atoms with Gasteiger partial charge in [0, 0.05) is 11.8 Å². The molecule has 1 N–H and O–H groups in total. The summed E-state index contributed by atoms with van der Waals surface area (Å²) in [5.41, 5.74) is 1.12. The fourth-order valence-corrected chi connectivity index (χ4v) is 1.61. The van der Waals surface area contributed by atoms with Gasteiger partial charge in [0.2, 0.25) is 0 Å². The molecule has 86 valence electrons. The number of aromatic nitrogens is 1. The van der Waals surface area contributed by atoms with E-state index >= 15 is 0 Å². The average Bonchev–Trinajstić information content (AvgIpc) is 2.31. The molecule has 0 atom stereocenters. The quantitative estimate of drug-likeness (QED) is 0.834. The molecule has 0 saturated carbocycles. The van der Waals surface area contributed by atoms with Crippen LogP contribution in [0.3, 0.4) is 0 Å². The van der Waals surface area contributed by atoms with E-state index in [1.165, 1.54) is 36.5 Å². The van der Waals surface area contributed by atoms with Gasteiger partial charge in [-0.15, -0.1) is 0 Å². The molecule has 0 aliphatic carbocycles. The predicted molar refractivity (Wildman–Crippen MR) is 61.6 cm³/mol.